The number of carbonyl (C=O) groups excluding carboxylic acids is 2. The molecule has 0 radical (unpaired) electrons. The highest BCUT2D eigenvalue weighted by Crippen LogP contribution is 2.34. The lowest BCUT2D eigenvalue weighted by Gasteiger charge is -2.34. The van der Waals surface area contributed by atoms with Gasteiger partial charge in [0.25, 0.3) is 11.5 Å². The number of nitrogens with one attached hydrogen (secondary N) is 1. The number of ether oxygens (including phenoxy) is 1. The average Bonchev–Trinajstić information content (AvgIpc) is 3.52. The number of nitrogens with zero attached hydrogens (tertiary/aromatic N) is 3. The molecule has 1 saturated heterocycles. The number of carbonyl (C=O) groups is 2. The van der Waals surface area contributed by atoms with E-state index in [4.69, 9.17) is 4.74 Å². The third-order valence-electron chi connectivity index (χ3n) is 5.26. The molecule has 28 heavy (non-hydrogen) atoms. The smallest absolute Gasteiger partial charge is 0.330 e. The number of pyridine rings is 1. The number of piperidine rings is 1. The molecular weight excluding hydrogens is 364 g/mol. The van der Waals surface area contributed by atoms with Crippen molar-refractivity contribution in [2.45, 2.75) is 51.1 Å². The van der Waals surface area contributed by atoms with Crippen LogP contribution >= 0.6 is 0 Å². The monoisotopic (exact) mass is 386 g/mol. The number of fused-ring (bicyclic) bond motifs is 1. The van der Waals surface area contributed by atoms with E-state index in [1.54, 1.807) is 6.92 Å². The van der Waals surface area contributed by atoms with Crippen LogP contribution in [0.5, 0.6) is 0 Å². The zero-order valence-electron chi connectivity index (χ0n) is 15.6. The van der Waals surface area contributed by atoms with Crippen molar-refractivity contribution >= 4 is 22.9 Å². The second-order valence-corrected chi connectivity index (χ2v) is 7.22. The standard InChI is InChI=1S/C19H22N4O5/c1-2-28-18(26)14-5-3-4-8-22(14)17(25)11-9-13-15(20-10-11)23(12-6-7-12)19(27)21-16(13)24/h9-10,12,14H,2-8H2,1H3,(H,21,24,27). The Balaban J connectivity index is 1.72. The summed E-state index contributed by atoms with van der Waals surface area (Å²) in [7, 11) is 0. The van der Waals surface area contributed by atoms with Crippen LogP contribution in [0.3, 0.4) is 0 Å². The molecule has 3 heterocycles. The van der Waals surface area contributed by atoms with Crippen LogP contribution in [0.15, 0.2) is 21.9 Å². The molecule has 2 fully saturated rings. The quantitative estimate of drug-likeness (QED) is 0.784. The topological polar surface area (TPSA) is 114 Å². The Morgan fingerprint density at radius 2 is 2.04 bits per heavy atom. The van der Waals surface area contributed by atoms with Crippen molar-refractivity contribution in [1.29, 1.82) is 0 Å². The molecule has 0 aromatic carbocycles. The Bertz CT molecular complexity index is 1050. The number of hydrogen-bond acceptors (Lipinski definition) is 6. The Hall–Kier alpha value is -2.97. The van der Waals surface area contributed by atoms with E-state index >= 15 is 0 Å². The van der Waals surface area contributed by atoms with Crippen LogP contribution in [-0.2, 0) is 9.53 Å². The van der Waals surface area contributed by atoms with Crippen LogP contribution in [0, 0.1) is 0 Å². The number of aromatic amines is 1. The van der Waals surface area contributed by atoms with Gasteiger partial charge in [0.1, 0.15) is 11.7 Å². The minimum atomic E-state index is -0.629. The average molecular weight is 386 g/mol. The fourth-order valence-electron chi connectivity index (χ4n) is 3.75. The Morgan fingerprint density at radius 3 is 2.75 bits per heavy atom. The van der Waals surface area contributed by atoms with Crippen LogP contribution in [0.1, 0.15) is 55.4 Å². The fraction of sp³-hybridized carbons (Fsp3) is 0.526. The lowest BCUT2D eigenvalue weighted by atomic mass is 10.0. The molecule has 1 unspecified atom stereocenters. The zero-order valence-corrected chi connectivity index (χ0v) is 15.6. The Labute approximate surface area is 160 Å². The summed E-state index contributed by atoms with van der Waals surface area (Å²) in [6.07, 6.45) is 5.28. The Kier molecular flexibility index (Phi) is 4.74. The summed E-state index contributed by atoms with van der Waals surface area (Å²) in [5, 5.41) is 0.196. The second kappa shape index (κ2) is 7.21. The molecule has 1 aliphatic heterocycles. The van der Waals surface area contributed by atoms with Crippen molar-refractivity contribution in [3.05, 3.63) is 38.7 Å². The molecule has 1 amide bonds. The van der Waals surface area contributed by atoms with E-state index in [2.05, 4.69) is 9.97 Å². The third-order valence-corrected chi connectivity index (χ3v) is 5.26. The number of likely N-dealkylation sites (tertiary alicyclic amines) is 1. The van der Waals surface area contributed by atoms with Crippen LogP contribution in [0.25, 0.3) is 11.0 Å². The van der Waals surface area contributed by atoms with Crippen LogP contribution in [-0.4, -0.2) is 50.5 Å². The SMILES string of the molecule is CCOC(=O)C1CCCCN1C(=O)c1cnc2c(c1)c(=O)[nH]c(=O)n2C1CC1. The first-order valence-corrected chi connectivity index (χ1v) is 9.63. The number of H-pyrrole nitrogens is 1. The molecule has 1 aliphatic carbocycles. The van der Waals surface area contributed by atoms with Gasteiger partial charge >= 0.3 is 11.7 Å². The van der Waals surface area contributed by atoms with Crippen LogP contribution < -0.4 is 11.2 Å². The van der Waals surface area contributed by atoms with Gasteiger partial charge in [-0.3, -0.25) is 19.1 Å². The molecule has 1 N–H and O–H groups in total. The highest BCUT2D eigenvalue weighted by Gasteiger charge is 2.34. The van der Waals surface area contributed by atoms with E-state index in [0.717, 1.165) is 25.7 Å². The van der Waals surface area contributed by atoms with Crippen molar-refractivity contribution in [1.82, 2.24) is 19.4 Å². The minimum absolute atomic E-state index is 0.0381. The molecule has 1 atom stereocenters. The van der Waals surface area contributed by atoms with Crippen molar-refractivity contribution in [2.75, 3.05) is 13.2 Å². The molecule has 2 aliphatic rings. The summed E-state index contributed by atoms with van der Waals surface area (Å²) in [6, 6.07) is 0.866. The molecule has 0 bridgehead atoms. The van der Waals surface area contributed by atoms with E-state index in [1.807, 2.05) is 0 Å². The van der Waals surface area contributed by atoms with Gasteiger partial charge in [-0.05, 0) is 45.1 Å². The number of aromatic nitrogens is 3. The summed E-state index contributed by atoms with van der Waals surface area (Å²) in [6.45, 7) is 2.42. The van der Waals surface area contributed by atoms with Gasteiger partial charge in [0, 0.05) is 18.8 Å². The van der Waals surface area contributed by atoms with Gasteiger partial charge in [0.15, 0.2) is 0 Å². The molecule has 9 heteroatoms. The van der Waals surface area contributed by atoms with Gasteiger partial charge in [-0.1, -0.05) is 0 Å². The summed E-state index contributed by atoms with van der Waals surface area (Å²) >= 11 is 0. The maximum Gasteiger partial charge on any atom is 0.330 e. The first kappa shape index (κ1) is 18.4. The number of hydrogen-bond donors (Lipinski definition) is 1. The molecule has 9 nitrogen and oxygen atoms in total. The van der Waals surface area contributed by atoms with Crippen LogP contribution in [0.2, 0.25) is 0 Å². The first-order valence-electron chi connectivity index (χ1n) is 9.63. The van der Waals surface area contributed by atoms with Gasteiger partial charge < -0.3 is 9.64 Å². The van der Waals surface area contributed by atoms with Gasteiger partial charge in [-0.2, -0.15) is 0 Å². The van der Waals surface area contributed by atoms with E-state index in [1.165, 1.54) is 21.7 Å². The van der Waals surface area contributed by atoms with Gasteiger partial charge in [-0.15, -0.1) is 0 Å². The first-order chi connectivity index (χ1) is 13.5. The molecular formula is C19H22N4O5. The van der Waals surface area contributed by atoms with Gasteiger partial charge in [-0.25, -0.2) is 14.6 Å². The molecule has 2 aromatic rings. The van der Waals surface area contributed by atoms with E-state index in [9.17, 15) is 19.2 Å². The maximum absolute atomic E-state index is 13.1. The van der Waals surface area contributed by atoms with E-state index in [0.29, 0.717) is 13.0 Å². The zero-order chi connectivity index (χ0) is 19.8. The highest BCUT2D eigenvalue weighted by molar-refractivity contribution is 5.99. The number of amides is 1. The molecule has 4 rings (SSSR count). The normalized spacial score (nSPS) is 19.6. The lowest BCUT2D eigenvalue weighted by molar-refractivity contribution is -0.149. The van der Waals surface area contributed by atoms with Gasteiger partial charge in [0.2, 0.25) is 0 Å². The number of rotatable bonds is 4. The third kappa shape index (κ3) is 3.21. The van der Waals surface area contributed by atoms with Crippen molar-refractivity contribution in [3.63, 3.8) is 0 Å². The van der Waals surface area contributed by atoms with Gasteiger partial charge in [0.05, 0.1) is 17.6 Å². The predicted molar refractivity (Wildman–Crippen MR) is 100 cm³/mol. The highest BCUT2D eigenvalue weighted by atomic mass is 16.5. The largest absolute Gasteiger partial charge is 0.464 e. The minimum Gasteiger partial charge on any atom is -0.464 e. The maximum atomic E-state index is 13.1. The summed E-state index contributed by atoms with van der Waals surface area (Å²) in [5.74, 6) is -0.777. The van der Waals surface area contributed by atoms with Crippen LogP contribution in [0.4, 0.5) is 0 Å². The lowest BCUT2D eigenvalue weighted by Crippen LogP contribution is -2.48. The number of esters is 1. The molecule has 1 saturated carbocycles. The van der Waals surface area contributed by atoms with E-state index in [-0.39, 0.29) is 35.2 Å². The molecule has 0 spiro atoms. The molecule has 2 aromatic heterocycles. The van der Waals surface area contributed by atoms with E-state index < -0.39 is 23.3 Å². The Morgan fingerprint density at radius 1 is 1.25 bits per heavy atom. The van der Waals surface area contributed by atoms with Crippen molar-refractivity contribution < 1.29 is 14.3 Å². The summed E-state index contributed by atoms with van der Waals surface area (Å²) in [5.41, 5.74) is -0.548. The predicted octanol–water partition coefficient (Wildman–Crippen LogP) is 0.977. The molecule has 148 valence electrons. The second-order valence-electron chi connectivity index (χ2n) is 7.22. The summed E-state index contributed by atoms with van der Waals surface area (Å²) in [4.78, 5) is 57.8. The summed E-state index contributed by atoms with van der Waals surface area (Å²) < 4.78 is 6.59. The fourth-order valence-corrected chi connectivity index (χ4v) is 3.75. The van der Waals surface area contributed by atoms with Crippen molar-refractivity contribution in [3.8, 4) is 0 Å². The van der Waals surface area contributed by atoms with Crippen molar-refractivity contribution in [2.24, 2.45) is 0 Å².